The summed E-state index contributed by atoms with van der Waals surface area (Å²) in [6.07, 6.45) is 3.68. The molecule has 2 aromatic carbocycles. The monoisotopic (exact) mass is 506 g/mol. The van der Waals surface area contributed by atoms with Crippen LogP contribution in [0.2, 0.25) is 0 Å². The van der Waals surface area contributed by atoms with Gasteiger partial charge in [-0.3, -0.25) is 4.99 Å². The van der Waals surface area contributed by atoms with Crippen molar-refractivity contribution in [2.75, 3.05) is 13.1 Å². The molecule has 1 unspecified atom stereocenters. The topological polar surface area (TPSA) is 67.1 Å². The molecular weight excluding hydrogens is 475 g/mol. The van der Waals surface area contributed by atoms with Gasteiger partial charge in [0, 0.05) is 26.1 Å². The number of halogens is 1. The number of guanidine groups is 1. The summed E-state index contributed by atoms with van der Waals surface area (Å²) < 4.78 is 2.08. The molecule has 156 valence electrons. The van der Waals surface area contributed by atoms with Crippen molar-refractivity contribution in [1.29, 1.82) is 0 Å². The number of aryl methyl sites for hydroxylation is 1. The minimum Gasteiger partial charge on any atom is -0.355 e. The predicted octanol–water partition coefficient (Wildman–Crippen LogP) is 4.32. The van der Waals surface area contributed by atoms with Gasteiger partial charge in [0.25, 0.3) is 0 Å². The number of rotatable bonds is 8. The number of benzene rings is 2. The summed E-state index contributed by atoms with van der Waals surface area (Å²) >= 11 is 0. The minimum atomic E-state index is 0. The highest BCUT2D eigenvalue weighted by molar-refractivity contribution is 14.0. The zero-order chi connectivity index (χ0) is 19.8. The normalized spacial score (nSPS) is 12.4. The second kappa shape index (κ2) is 11.7. The Bertz CT molecular complexity index is 915. The summed E-state index contributed by atoms with van der Waals surface area (Å²) in [7, 11) is 0. The van der Waals surface area contributed by atoms with E-state index in [2.05, 4.69) is 88.6 Å². The van der Waals surface area contributed by atoms with Crippen molar-refractivity contribution < 1.29 is 0 Å². The summed E-state index contributed by atoms with van der Waals surface area (Å²) in [6, 6.07) is 15.1. The maximum absolute atomic E-state index is 4.70. The fourth-order valence-electron chi connectivity index (χ4n) is 3.32. The summed E-state index contributed by atoms with van der Waals surface area (Å²) in [6.45, 7) is 8.79. The van der Waals surface area contributed by atoms with Gasteiger partial charge < -0.3 is 15.2 Å². The number of nitrogens with zero attached hydrogens (tertiary/aromatic N) is 4. The van der Waals surface area contributed by atoms with Crippen LogP contribution in [-0.4, -0.2) is 33.8 Å². The quantitative estimate of drug-likeness (QED) is 0.272. The van der Waals surface area contributed by atoms with E-state index in [4.69, 9.17) is 4.99 Å². The van der Waals surface area contributed by atoms with Crippen LogP contribution in [0.25, 0.3) is 10.8 Å². The Kier molecular flexibility index (Phi) is 9.37. The molecule has 7 heteroatoms. The van der Waals surface area contributed by atoms with Crippen molar-refractivity contribution in [2.45, 2.75) is 46.2 Å². The standard InChI is InChI=1S/C22H30N6.HI/c1-4-13-23-22(24-14-15-28-16-25-27-21(28)5-2)26-17(3)19-12-8-10-18-9-6-7-11-20(18)19;/h6-12,16-17H,4-5,13-15H2,1-3H3,(H2,23,24,26);1H. The first-order valence-corrected chi connectivity index (χ1v) is 10.1. The molecule has 1 atom stereocenters. The molecule has 3 rings (SSSR count). The van der Waals surface area contributed by atoms with Crippen molar-refractivity contribution in [3.63, 3.8) is 0 Å². The van der Waals surface area contributed by atoms with Crippen LogP contribution in [0, 0.1) is 0 Å². The van der Waals surface area contributed by atoms with Crippen molar-refractivity contribution in [1.82, 2.24) is 25.4 Å². The van der Waals surface area contributed by atoms with Gasteiger partial charge in [-0.2, -0.15) is 0 Å². The first-order valence-electron chi connectivity index (χ1n) is 10.1. The van der Waals surface area contributed by atoms with Crippen LogP contribution < -0.4 is 10.6 Å². The van der Waals surface area contributed by atoms with Crippen LogP contribution >= 0.6 is 24.0 Å². The molecule has 0 aliphatic heterocycles. The van der Waals surface area contributed by atoms with Crippen LogP contribution in [0.4, 0.5) is 0 Å². The van der Waals surface area contributed by atoms with Gasteiger partial charge >= 0.3 is 0 Å². The third-order valence-corrected chi connectivity index (χ3v) is 4.79. The molecule has 0 aliphatic carbocycles. The first kappa shape index (κ1) is 23.1. The SMILES string of the molecule is CCCN=C(NCCn1cnnc1CC)NC(C)c1cccc2ccccc12.I. The highest BCUT2D eigenvalue weighted by Crippen LogP contribution is 2.23. The van der Waals surface area contributed by atoms with Gasteiger partial charge in [0.15, 0.2) is 5.96 Å². The Labute approximate surface area is 190 Å². The number of hydrogen-bond acceptors (Lipinski definition) is 3. The molecule has 0 radical (unpaired) electrons. The third-order valence-electron chi connectivity index (χ3n) is 4.79. The number of hydrogen-bond donors (Lipinski definition) is 2. The molecule has 0 aliphatic rings. The smallest absolute Gasteiger partial charge is 0.191 e. The first-order chi connectivity index (χ1) is 13.7. The lowest BCUT2D eigenvalue weighted by atomic mass is 10.00. The maximum Gasteiger partial charge on any atom is 0.191 e. The lowest BCUT2D eigenvalue weighted by Crippen LogP contribution is -2.40. The number of aliphatic imine (C=N–C) groups is 1. The van der Waals surface area contributed by atoms with E-state index in [1.165, 1.54) is 16.3 Å². The van der Waals surface area contributed by atoms with Gasteiger partial charge in [0.05, 0.1) is 6.04 Å². The number of aromatic nitrogens is 3. The molecule has 0 bridgehead atoms. The molecule has 1 aromatic heterocycles. The van der Waals surface area contributed by atoms with Gasteiger partial charge in [-0.15, -0.1) is 34.2 Å². The third kappa shape index (κ3) is 6.16. The molecule has 0 saturated carbocycles. The second-order valence-corrected chi connectivity index (χ2v) is 6.89. The van der Waals surface area contributed by atoms with Gasteiger partial charge in [-0.1, -0.05) is 56.3 Å². The average Bonchev–Trinajstić information content (AvgIpc) is 3.18. The van der Waals surface area contributed by atoms with Crippen molar-refractivity contribution in [3.05, 3.63) is 60.2 Å². The van der Waals surface area contributed by atoms with E-state index in [-0.39, 0.29) is 30.0 Å². The Hall–Kier alpha value is -2.16. The molecule has 0 spiro atoms. The van der Waals surface area contributed by atoms with E-state index in [0.717, 1.165) is 44.3 Å². The zero-order valence-electron chi connectivity index (χ0n) is 17.4. The van der Waals surface area contributed by atoms with Crippen molar-refractivity contribution in [2.24, 2.45) is 4.99 Å². The lowest BCUT2D eigenvalue weighted by Gasteiger charge is -2.20. The van der Waals surface area contributed by atoms with E-state index in [1.54, 1.807) is 6.33 Å². The number of fused-ring (bicyclic) bond motifs is 1. The Morgan fingerprint density at radius 3 is 2.72 bits per heavy atom. The fraction of sp³-hybridized carbons (Fsp3) is 0.409. The molecule has 0 fully saturated rings. The van der Waals surface area contributed by atoms with E-state index in [9.17, 15) is 0 Å². The molecule has 0 saturated heterocycles. The Balaban J connectivity index is 0.00000300. The largest absolute Gasteiger partial charge is 0.355 e. The Morgan fingerprint density at radius 1 is 1.14 bits per heavy atom. The molecule has 29 heavy (non-hydrogen) atoms. The minimum absolute atomic E-state index is 0. The van der Waals surface area contributed by atoms with Crippen molar-refractivity contribution >= 4 is 40.7 Å². The lowest BCUT2D eigenvalue weighted by molar-refractivity contribution is 0.619. The fourth-order valence-corrected chi connectivity index (χ4v) is 3.32. The van der Waals surface area contributed by atoms with Gasteiger partial charge in [-0.25, -0.2) is 0 Å². The summed E-state index contributed by atoms with van der Waals surface area (Å²) in [5.74, 6) is 1.85. The predicted molar refractivity (Wildman–Crippen MR) is 131 cm³/mol. The molecular formula is C22H31IN6. The van der Waals surface area contributed by atoms with E-state index < -0.39 is 0 Å². The van der Waals surface area contributed by atoms with Crippen LogP contribution in [0.15, 0.2) is 53.8 Å². The summed E-state index contributed by atoms with van der Waals surface area (Å²) in [5.41, 5.74) is 1.27. The summed E-state index contributed by atoms with van der Waals surface area (Å²) in [5, 5.41) is 17.7. The van der Waals surface area contributed by atoms with Crippen LogP contribution in [-0.2, 0) is 13.0 Å². The van der Waals surface area contributed by atoms with Crippen LogP contribution in [0.5, 0.6) is 0 Å². The molecule has 0 amide bonds. The van der Waals surface area contributed by atoms with Gasteiger partial charge in [0.2, 0.25) is 0 Å². The zero-order valence-corrected chi connectivity index (χ0v) is 19.8. The second-order valence-electron chi connectivity index (χ2n) is 6.89. The van der Waals surface area contributed by atoms with E-state index in [1.807, 2.05) is 0 Å². The number of nitrogens with one attached hydrogen (secondary N) is 2. The highest BCUT2D eigenvalue weighted by atomic mass is 127. The van der Waals surface area contributed by atoms with Gasteiger partial charge in [0.1, 0.15) is 12.2 Å². The van der Waals surface area contributed by atoms with Crippen molar-refractivity contribution in [3.8, 4) is 0 Å². The van der Waals surface area contributed by atoms with E-state index >= 15 is 0 Å². The molecule has 6 nitrogen and oxygen atoms in total. The molecule has 1 heterocycles. The summed E-state index contributed by atoms with van der Waals surface area (Å²) in [4.78, 5) is 4.70. The van der Waals surface area contributed by atoms with Gasteiger partial charge in [-0.05, 0) is 29.7 Å². The highest BCUT2D eigenvalue weighted by Gasteiger charge is 2.11. The van der Waals surface area contributed by atoms with E-state index in [0.29, 0.717) is 0 Å². The maximum atomic E-state index is 4.70. The molecule has 3 aromatic rings. The average molecular weight is 506 g/mol. The Morgan fingerprint density at radius 2 is 1.93 bits per heavy atom. The van der Waals surface area contributed by atoms with Crippen LogP contribution in [0.3, 0.4) is 0 Å². The molecule has 2 N–H and O–H groups in total. The van der Waals surface area contributed by atoms with Crippen LogP contribution in [0.1, 0.15) is 44.6 Å².